The summed E-state index contributed by atoms with van der Waals surface area (Å²) in [5.74, 6) is 0.709. The zero-order valence-corrected chi connectivity index (χ0v) is 15.7. The van der Waals surface area contributed by atoms with Crippen LogP contribution in [0.25, 0.3) is 0 Å². The SMILES string of the molecule is Cc1ccccc1OCCN(C)C(=O)c1cccc(NC(=O)NC2CC2)c1. The van der Waals surface area contributed by atoms with Crippen LogP contribution in [0.1, 0.15) is 28.8 Å². The van der Waals surface area contributed by atoms with E-state index in [-0.39, 0.29) is 18.0 Å². The number of likely N-dealkylation sites (N-methyl/N-ethyl adjacent to an activating group) is 1. The summed E-state index contributed by atoms with van der Waals surface area (Å²) in [4.78, 5) is 26.1. The van der Waals surface area contributed by atoms with E-state index in [1.54, 1.807) is 36.2 Å². The van der Waals surface area contributed by atoms with Gasteiger partial charge in [0, 0.05) is 24.3 Å². The average molecular weight is 367 g/mol. The van der Waals surface area contributed by atoms with E-state index in [4.69, 9.17) is 4.74 Å². The molecular weight excluding hydrogens is 342 g/mol. The zero-order valence-electron chi connectivity index (χ0n) is 15.7. The van der Waals surface area contributed by atoms with E-state index in [9.17, 15) is 9.59 Å². The topological polar surface area (TPSA) is 70.7 Å². The van der Waals surface area contributed by atoms with Crippen molar-refractivity contribution in [1.82, 2.24) is 10.2 Å². The van der Waals surface area contributed by atoms with Gasteiger partial charge in [0.15, 0.2) is 0 Å². The maximum Gasteiger partial charge on any atom is 0.319 e. The molecule has 27 heavy (non-hydrogen) atoms. The second-order valence-corrected chi connectivity index (χ2v) is 6.79. The van der Waals surface area contributed by atoms with Gasteiger partial charge in [0.05, 0.1) is 6.54 Å². The Balaban J connectivity index is 1.52. The minimum absolute atomic E-state index is 0.116. The van der Waals surface area contributed by atoms with Crippen LogP contribution in [0, 0.1) is 6.92 Å². The predicted octanol–water partition coefficient (Wildman–Crippen LogP) is 3.43. The lowest BCUT2D eigenvalue weighted by Crippen LogP contribution is -2.32. The molecule has 0 bridgehead atoms. The molecular formula is C21H25N3O3. The lowest BCUT2D eigenvalue weighted by Gasteiger charge is -2.18. The molecule has 3 rings (SSSR count). The second kappa shape index (κ2) is 8.58. The fourth-order valence-corrected chi connectivity index (χ4v) is 2.64. The number of urea groups is 1. The molecule has 0 unspecified atom stereocenters. The highest BCUT2D eigenvalue weighted by atomic mass is 16.5. The highest BCUT2D eigenvalue weighted by Crippen LogP contribution is 2.19. The molecule has 142 valence electrons. The van der Waals surface area contributed by atoms with Crippen LogP contribution < -0.4 is 15.4 Å². The van der Waals surface area contributed by atoms with Crippen LogP contribution in [-0.2, 0) is 0 Å². The Morgan fingerprint density at radius 2 is 1.93 bits per heavy atom. The van der Waals surface area contributed by atoms with Gasteiger partial charge < -0.3 is 20.3 Å². The number of nitrogens with zero attached hydrogens (tertiary/aromatic N) is 1. The summed E-state index contributed by atoms with van der Waals surface area (Å²) in [7, 11) is 1.74. The van der Waals surface area contributed by atoms with Crippen LogP contribution in [0.4, 0.5) is 10.5 Å². The molecule has 6 nitrogen and oxygen atoms in total. The van der Waals surface area contributed by atoms with Gasteiger partial charge in [-0.3, -0.25) is 4.79 Å². The number of nitrogens with one attached hydrogen (secondary N) is 2. The number of anilines is 1. The number of ether oxygens (including phenoxy) is 1. The Kier molecular flexibility index (Phi) is 5.96. The van der Waals surface area contributed by atoms with Crippen LogP contribution in [0.2, 0.25) is 0 Å². The number of hydrogen-bond donors (Lipinski definition) is 2. The van der Waals surface area contributed by atoms with Crippen molar-refractivity contribution in [2.45, 2.75) is 25.8 Å². The molecule has 2 aromatic carbocycles. The second-order valence-electron chi connectivity index (χ2n) is 6.79. The minimum atomic E-state index is -0.234. The summed E-state index contributed by atoms with van der Waals surface area (Å²) in [5.41, 5.74) is 2.19. The van der Waals surface area contributed by atoms with E-state index in [2.05, 4.69) is 10.6 Å². The summed E-state index contributed by atoms with van der Waals surface area (Å²) < 4.78 is 5.75. The predicted molar refractivity (Wildman–Crippen MR) is 105 cm³/mol. The highest BCUT2D eigenvalue weighted by molar-refractivity contribution is 5.96. The number of aryl methyl sites for hydroxylation is 1. The number of rotatable bonds is 7. The zero-order chi connectivity index (χ0) is 19.2. The van der Waals surface area contributed by atoms with Crippen molar-refractivity contribution in [2.75, 3.05) is 25.5 Å². The molecule has 6 heteroatoms. The number of hydrogen-bond acceptors (Lipinski definition) is 3. The number of para-hydroxylation sites is 1. The minimum Gasteiger partial charge on any atom is -0.491 e. The van der Waals surface area contributed by atoms with Gasteiger partial charge in [0.1, 0.15) is 12.4 Å². The molecule has 0 heterocycles. The van der Waals surface area contributed by atoms with E-state index in [0.717, 1.165) is 24.2 Å². The molecule has 1 aliphatic rings. The van der Waals surface area contributed by atoms with E-state index >= 15 is 0 Å². The monoisotopic (exact) mass is 367 g/mol. The highest BCUT2D eigenvalue weighted by Gasteiger charge is 2.23. The number of benzene rings is 2. The van der Waals surface area contributed by atoms with Crippen LogP contribution >= 0.6 is 0 Å². The molecule has 0 spiro atoms. The Morgan fingerprint density at radius 1 is 1.15 bits per heavy atom. The normalized spacial score (nSPS) is 13.0. The first-order valence-corrected chi connectivity index (χ1v) is 9.14. The summed E-state index contributed by atoms with van der Waals surface area (Å²) in [5, 5.41) is 5.63. The van der Waals surface area contributed by atoms with Gasteiger partial charge in [-0.2, -0.15) is 0 Å². The molecule has 0 atom stereocenters. The first kappa shape index (κ1) is 18.8. The van der Waals surface area contributed by atoms with Crippen molar-refractivity contribution in [3.63, 3.8) is 0 Å². The van der Waals surface area contributed by atoms with Crippen LogP contribution in [0.15, 0.2) is 48.5 Å². The van der Waals surface area contributed by atoms with Crippen LogP contribution in [0.5, 0.6) is 5.75 Å². The van der Waals surface area contributed by atoms with Crippen molar-refractivity contribution in [1.29, 1.82) is 0 Å². The summed E-state index contributed by atoms with van der Waals surface area (Å²) in [6.45, 7) is 2.86. The molecule has 0 aliphatic heterocycles. The fraction of sp³-hybridized carbons (Fsp3) is 0.333. The van der Waals surface area contributed by atoms with Gasteiger partial charge in [-0.25, -0.2) is 4.79 Å². The van der Waals surface area contributed by atoms with E-state index < -0.39 is 0 Å². The lowest BCUT2D eigenvalue weighted by atomic mass is 10.2. The van der Waals surface area contributed by atoms with Gasteiger partial charge in [-0.1, -0.05) is 24.3 Å². The molecule has 2 aromatic rings. The first-order valence-electron chi connectivity index (χ1n) is 9.14. The van der Waals surface area contributed by atoms with Crippen molar-refractivity contribution in [2.24, 2.45) is 0 Å². The number of carbonyl (C=O) groups excluding carboxylic acids is 2. The summed E-state index contributed by atoms with van der Waals surface area (Å²) >= 11 is 0. The maximum absolute atomic E-state index is 12.6. The lowest BCUT2D eigenvalue weighted by molar-refractivity contribution is 0.0773. The van der Waals surface area contributed by atoms with Crippen molar-refractivity contribution in [3.05, 3.63) is 59.7 Å². The van der Waals surface area contributed by atoms with E-state index in [1.165, 1.54) is 0 Å². The van der Waals surface area contributed by atoms with Gasteiger partial charge in [-0.05, 0) is 49.6 Å². The Hall–Kier alpha value is -3.02. The molecule has 0 saturated heterocycles. The molecule has 1 aliphatic carbocycles. The Bertz CT molecular complexity index is 818. The molecule has 0 aromatic heterocycles. The largest absolute Gasteiger partial charge is 0.491 e. The molecule has 1 saturated carbocycles. The van der Waals surface area contributed by atoms with Gasteiger partial charge in [0.25, 0.3) is 5.91 Å². The van der Waals surface area contributed by atoms with Gasteiger partial charge >= 0.3 is 6.03 Å². The molecule has 1 fully saturated rings. The van der Waals surface area contributed by atoms with Crippen molar-refractivity contribution < 1.29 is 14.3 Å². The van der Waals surface area contributed by atoms with E-state index in [1.807, 2.05) is 31.2 Å². The van der Waals surface area contributed by atoms with Gasteiger partial charge in [-0.15, -0.1) is 0 Å². The Labute approximate surface area is 159 Å². The average Bonchev–Trinajstić information content (AvgIpc) is 3.46. The van der Waals surface area contributed by atoms with Gasteiger partial charge in [0.2, 0.25) is 0 Å². The fourth-order valence-electron chi connectivity index (χ4n) is 2.64. The third-order valence-electron chi connectivity index (χ3n) is 4.40. The van der Waals surface area contributed by atoms with Crippen LogP contribution in [0.3, 0.4) is 0 Å². The van der Waals surface area contributed by atoms with Crippen LogP contribution in [-0.4, -0.2) is 43.1 Å². The summed E-state index contributed by atoms with van der Waals surface area (Å²) in [6, 6.07) is 14.8. The molecule has 0 radical (unpaired) electrons. The van der Waals surface area contributed by atoms with Crippen molar-refractivity contribution in [3.8, 4) is 5.75 Å². The molecule has 3 amide bonds. The third-order valence-corrected chi connectivity index (χ3v) is 4.40. The quantitative estimate of drug-likeness (QED) is 0.788. The van der Waals surface area contributed by atoms with E-state index in [0.29, 0.717) is 24.4 Å². The smallest absolute Gasteiger partial charge is 0.319 e. The van der Waals surface area contributed by atoms with Crippen molar-refractivity contribution >= 4 is 17.6 Å². The maximum atomic E-state index is 12.6. The first-order chi connectivity index (χ1) is 13.0. The number of amides is 3. The third kappa shape index (κ3) is 5.48. The standard InChI is InChI=1S/C21H25N3O3/c1-15-6-3-4-9-19(15)27-13-12-24(2)20(25)16-7-5-8-18(14-16)23-21(26)22-17-10-11-17/h3-9,14,17H,10-13H2,1-2H3,(H2,22,23,26). The molecule has 2 N–H and O–H groups in total. The number of carbonyl (C=O) groups is 2. The summed E-state index contributed by atoms with van der Waals surface area (Å²) in [6.07, 6.45) is 2.06. The Morgan fingerprint density at radius 3 is 2.67 bits per heavy atom.